The minimum absolute atomic E-state index is 0. The quantitative estimate of drug-likeness (QED) is 0.208. The number of aliphatic imine (C=N–C) groups is 1. The lowest BCUT2D eigenvalue weighted by molar-refractivity contribution is 0.0536. The molecule has 0 aromatic heterocycles. The molecule has 2 N–H and O–H groups in total. The number of hydrogen-bond donors (Lipinski definition) is 2. The molecule has 1 aliphatic rings. The normalized spacial score (nSPS) is 16.3. The number of guanidine groups is 1. The van der Waals surface area contributed by atoms with Gasteiger partial charge in [-0.05, 0) is 38.0 Å². The van der Waals surface area contributed by atoms with Crippen molar-refractivity contribution in [3.8, 4) is 0 Å². The van der Waals surface area contributed by atoms with Crippen LogP contribution in [-0.2, 0) is 9.47 Å². The molecule has 1 aliphatic heterocycles. The SMILES string of the molecule is CCNC(=NCCNC(=O)c1ccc(C)c(F)c1)N1CCC(COCCOC)C1.I. The van der Waals surface area contributed by atoms with Gasteiger partial charge in [-0.25, -0.2) is 4.39 Å². The van der Waals surface area contributed by atoms with Gasteiger partial charge in [-0.3, -0.25) is 9.79 Å². The van der Waals surface area contributed by atoms with Gasteiger partial charge >= 0.3 is 0 Å². The second-order valence-electron chi connectivity index (χ2n) is 7.12. The number of ether oxygens (including phenoxy) is 2. The van der Waals surface area contributed by atoms with Gasteiger partial charge in [0, 0.05) is 44.8 Å². The zero-order valence-electron chi connectivity index (χ0n) is 18.1. The van der Waals surface area contributed by atoms with E-state index >= 15 is 0 Å². The average Bonchev–Trinajstić information content (AvgIpc) is 3.18. The van der Waals surface area contributed by atoms with E-state index in [-0.39, 0.29) is 35.7 Å². The first-order valence-electron chi connectivity index (χ1n) is 10.2. The Bertz CT molecular complexity index is 690. The fourth-order valence-corrected chi connectivity index (χ4v) is 3.15. The van der Waals surface area contributed by atoms with Crippen molar-refractivity contribution >= 4 is 35.8 Å². The van der Waals surface area contributed by atoms with Gasteiger partial charge in [0.1, 0.15) is 5.82 Å². The van der Waals surface area contributed by atoms with Crippen LogP contribution in [0.4, 0.5) is 4.39 Å². The first-order chi connectivity index (χ1) is 14.0. The van der Waals surface area contributed by atoms with Crippen molar-refractivity contribution in [1.82, 2.24) is 15.5 Å². The first kappa shape index (κ1) is 26.6. The summed E-state index contributed by atoms with van der Waals surface area (Å²) in [6.07, 6.45) is 1.06. The van der Waals surface area contributed by atoms with Gasteiger partial charge in [-0.1, -0.05) is 6.07 Å². The number of likely N-dealkylation sites (tertiary alicyclic amines) is 1. The molecule has 1 saturated heterocycles. The standard InChI is InChI=1S/C21H33FN4O3.HI/c1-4-23-21(26-10-7-17(14-26)15-29-12-11-28-3)25-9-8-24-20(27)18-6-5-16(2)19(22)13-18;/h5-6,13,17H,4,7-12,14-15H2,1-3H3,(H,23,25)(H,24,27);1H. The van der Waals surface area contributed by atoms with Crippen molar-refractivity contribution in [1.29, 1.82) is 0 Å². The summed E-state index contributed by atoms with van der Waals surface area (Å²) in [7, 11) is 1.67. The summed E-state index contributed by atoms with van der Waals surface area (Å²) in [4.78, 5) is 19.0. The van der Waals surface area contributed by atoms with E-state index in [0.29, 0.717) is 43.3 Å². The van der Waals surface area contributed by atoms with E-state index in [2.05, 4.69) is 20.5 Å². The minimum Gasteiger partial charge on any atom is -0.382 e. The molecule has 170 valence electrons. The molecule has 1 atom stereocenters. The van der Waals surface area contributed by atoms with Crippen LogP contribution in [0.15, 0.2) is 23.2 Å². The molecule has 1 fully saturated rings. The Balaban J connectivity index is 0.00000450. The van der Waals surface area contributed by atoms with Crippen LogP contribution in [0, 0.1) is 18.7 Å². The fraction of sp³-hybridized carbons (Fsp3) is 0.619. The van der Waals surface area contributed by atoms with Crippen LogP contribution in [-0.4, -0.2) is 76.4 Å². The molecule has 0 aliphatic carbocycles. The number of halogens is 2. The third kappa shape index (κ3) is 8.73. The summed E-state index contributed by atoms with van der Waals surface area (Å²) < 4.78 is 24.2. The Hall–Kier alpha value is -1.46. The lowest BCUT2D eigenvalue weighted by Gasteiger charge is -2.21. The molecule has 7 nitrogen and oxygen atoms in total. The number of rotatable bonds is 10. The predicted molar refractivity (Wildman–Crippen MR) is 127 cm³/mol. The Kier molecular flexibility index (Phi) is 12.9. The topological polar surface area (TPSA) is 75.2 Å². The molecular formula is C21H34FIN4O3. The second-order valence-corrected chi connectivity index (χ2v) is 7.12. The van der Waals surface area contributed by atoms with Crippen LogP contribution >= 0.6 is 24.0 Å². The first-order valence-corrected chi connectivity index (χ1v) is 10.2. The molecule has 1 amide bonds. The molecule has 1 heterocycles. The molecule has 1 aromatic rings. The van der Waals surface area contributed by atoms with E-state index in [4.69, 9.17) is 9.47 Å². The molecule has 9 heteroatoms. The maximum Gasteiger partial charge on any atom is 0.251 e. The monoisotopic (exact) mass is 536 g/mol. The third-order valence-electron chi connectivity index (χ3n) is 4.80. The van der Waals surface area contributed by atoms with E-state index in [0.717, 1.165) is 38.6 Å². The lowest BCUT2D eigenvalue weighted by Crippen LogP contribution is -2.41. The van der Waals surface area contributed by atoms with Gasteiger partial charge < -0.3 is 25.0 Å². The van der Waals surface area contributed by atoms with Crippen molar-refractivity contribution in [2.45, 2.75) is 20.3 Å². The van der Waals surface area contributed by atoms with Crippen LogP contribution in [0.25, 0.3) is 0 Å². The lowest BCUT2D eigenvalue weighted by atomic mass is 10.1. The van der Waals surface area contributed by atoms with Gasteiger partial charge in [0.2, 0.25) is 0 Å². The Morgan fingerprint density at radius 3 is 2.83 bits per heavy atom. The number of hydrogen-bond acceptors (Lipinski definition) is 4. The molecule has 2 rings (SSSR count). The summed E-state index contributed by atoms with van der Waals surface area (Å²) in [5, 5.41) is 6.10. The molecular weight excluding hydrogens is 502 g/mol. The van der Waals surface area contributed by atoms with Gasteiger partial charge in [-0.15, -0.1) is 24.0 Å². The molecule has 1 unspecified atom stereocenters. The Morgan fingerprint density at radius 2 is 2.13 bits per heavy atom. The summed E-state index contributed by atoms with van der Waals surface area (Å²) in [5.41, 5.74) is 0.842. The Labute approximate surface area is 195 Å². The van der Waals surface area contributed by atoms with Crippen LogP contribution in [0.2, 0.25) is 0 Å². The van der Waals surface area contributed by atoms with Gasteiger partial charge in [-0.2, -0.15) is 0 Å². The van der Waals surface area contributed by atoms with Crippen molar-refractivity contribution < 1.29 is 18.7 Å². The van der Waals surface area contributed by atoms with Gasteiger partial charge in [0.05, 0.1) is 26.4 Å². The van der Waals surface area contributed by atoms with Gasteiger partial charge in [0.15, 0.2) is 5.96 Å². The number of carbonyl (C=O) groups excluding carboxylic acids is 1. The van der Waals surface area contributed by atoms with Crippen molar-refractivity contribution in [2.75, 3.05) is 59.7 Å². The number of methoxy groups -OCH3 is 1. The van der Waals surface area contributed by atoms with E-state index < -0.39 is 0 Å². The maximum atomic E-state index is 13.6. The van der Waals surface area contributed by atoms with E-state index in [1.165, 1.54) is 6.07 Å². The highest BCUT2D eigenvalue weighted by Crippen LogP contribution is 2.16. The van der Waals surface area contributed by atoms with Crippen molar-refractivity contribution in [2.24, 2.45) is 10.9 Å². The number of amides is 1. The summed E-state index contributed by atoms with van der Waals surface area (Å²) in [6, 6.07) is 4.49. The molecule has 0 saturated carbocycles. The van der Waals surface area contributed by atoms with E-state index in [1.807, 2.05) is 6.92 Å². The van der Waals surface area contributed by atoms with Crippen LogP contribution in [0.1, 0.15) is 29.3 Å². The third-order valence-corrected chi connectivity index (χ3v) is 4.80. The highest BCUT2D eigenvalue weighted by molar-refractivity contribution is 14.0. The van der Waals surface area contributed by atoms with Crippen LogP contribution in [0.3, 0.4) is 0 Å². The predicted octanol–water partition coefficient (Wildman–Crippen LogP) is 2.43. The van der Waals surface area contributed by atoms with Crippen LogP contribution in [0.5, 0.6) is 0 Å². The largest absolute Gasteiger partial charge is 0.382 e. The molecule has 1 aromatic carbocycles. The summed E-state index contributed by atoms with van der Waals surface area (Å²) >= 11 is 0. The summed E-state index contributed by atoms with van der Waals surface area (Å²) in [5.74, 6) is 0.660. The molecule has 0 radical (unpaired) electrons. The van der Waals surface area contributed by atoms with Crippen molar-refractivity contribution in [3.05, 3.63) is 35.1 Å². The smallest absolute Gasteiger partial charge is 0.251 e. The number of nitrogens with one attached hydrogen (secondary N) is 2. The van der Waals surface area contributed by atoms with Crippen molar-refractivity contribution in [3.63, 3.8) is 0 Å². The van der Waals surface area contributed by atoms with E-state index in [9.17, 15) is 9.18 Å². The minimum atomic E-state index is -0.375. The maximum absolute atomic E-state index is 13.6. The number of carbonyl (C=O) groups is 1. The zero-order valence-corrected chi connectivity index (χ0v) is 20.4. The number of nitrogens with zero attached hydrogens (tertiary/aromatic N) is 2. The van der Waals surface area contributed by atoms with Crippen LogP contribution < -0.4 is 10.6 Å². The highest BCUT2D eigenvalue weighted by atomic mass is 127. The molecule has 30 heavy (non-hydrogen) atoms. The zero-order chi connectivity index (χ0) is 21.1. The number of aryl methyl sites for hydroxylation is 1. The second kappa shape index (κ2) is 14.5. The molecule has 0 bridgehead atoms. The Morgan fingerprint density at radius 1 is 1.33 bits per heavy atom. The summed E-state index contributed by atoms with van der Waals surface area (Å²) in [6.45, 7) is 9.10. The fourth-order valence-electron chi connectivity index (χ4n) is 3.15. The average molecular weight is 536 g/mol. The highest BCUT2D eigenvalue weighted by Gasteiger charge is 2.24. The van der Waals surface area contributed by atoms with E-state index in [1.54, 1.807) is 26.2 Å². The van der Waals surface area contributed by atoms with Gasteiger partial charge in [0.25, 0.3) is 5.91 Å². The number of benzene rings is 1. The molecule has 0 spiro atoms.